The molecule has 0 aliphatic carbocycles. The minimum Gasteiger partial charge on any atom is -0.493 e. The van der Waals surface area contributed by atoms with E-state index >= 15 is 0 Å². The Morgan fingerprint density at radius 2 is 2.29 bits per heavy atom. The molecule has 8 heteroatoms. The molecule has 1 aromatic carbocycles. The highest BCUT2D eigenvalue weighted by Crippen LogP contribution is 2.36. The number of carbonyl (C=O) groups excluding carboxylic acids is 1. The number of aryl methyl sites for hydroxylation is 1. The lowest BCUT2D eigenvalue weighted by atomic mass is 10.2. The number of hydrogen-bond donors (Lipinski definition) is 1. The molecule has 2 aromatic rings. The largest absolute Gasteiger partial charge is 0.493 e. The number of aromatic nitrogens is 1. The maximum atomic E-state index is 11.8. The monoisotopic (exact) mass is 411 g/mol. The SMILES string of the molecule is CCOc1c(Br)cc(/C=N\NC(=O)Cc2csc(C)n2)cc1OC. The molecule has 0 radical (unpaired) electrons. The zero-order chi connectivity index (χ0) is 17.5. The van der Waals surface area contributed by atoms with Crippen LogP contribution in [0, 0.1) is 6.92 Å². The van der Waals surface area contributed by atoms with Gasteiger partial charge in [0.05, 0.1) is 41.5 Å². The minimum atomic E-state index is -0.214. The maximum Gasteiger partial charge on any atom is 0.246 e. The number of amides is 1. The molecule has 128 valence electrons. The average Bonchev–Trinajstić information content (AvgIpc) is 2.94. The van der Waals surface area contributed by atoms with Gasteiger partial charge in [-0.1, -0.05) is 0 Å². The van der Waals surface area contributed by atoms with Gasteiger partial charge in [0, 0.05) is 5.38 Å². The number of hydrazone groups is 1. The van der Waals surface area contributed by atoms with Gasteiger partial charge in [-0.15, -0.1) is 11.3 Å². The molecule has 1 heterocycles. The number of ether oxygens (including phenoxy) is 2. The van der Waals surface area contributed by atoms with Gasteiger partial charge in [-0.05, 0) is 47.5 Å². The van der Waals surface area contributed by atoms with E-state index < -0.39 is 0 Å². The lowest BCUT2D eigenvalue weighted by Gasteiger charge is -2.11. The number of hydrogen-bond acceptors (Lipinski definition) is 6. The van der Waals surface area contributed by atoms with Crippen LogP contribution in [-0.2, 0) is 11.2 Å². The quantitative estimate of drug-likeness (QED) is 0.560. The van der Waals surface area contributed by atoms with E-state index in [1.54, 1.807) is 19.4 Å². The Balaban J connectivity index is 2.00. The van der Waals surface area contributed by atoms with E-state index in [1.807, 2.05) is 25.3 Å². The third kappa shape index (κ3) is 5.04. The molecule has 1 N–H and O–H groups in total. The van der Waals surface area contributed by atoms with E-state index in [4.69, 9.17) is 9.47 Å². The molecule has 1 aromatic heterocycles. The number of nitrogens with zero attached hydrogens (tertiary/aromatic N) is 2. The first-order valence-corrected chi connectivity index (χ1v) is 8.94. The molecule has 0 atom stereocenters. The van der Waals surface area contributed by atoms with E-state index in [1.165, 1.54) is 11.3 Å². The topological polar surface area (TPSA) is 72.8 Å². The summed E-state index contributed by atoms with van der Waals surface area (Å²) in [5, 5.41) is 6.78. The molecule has 1 amide bonds. The summed E-state index contributed by atoms with van der Waals surface area (Å²) in [6, 6.07) is 3.63. The zero-order valence-electron chi connectivity index (χ0n) is 13.6. The fraction of sp³-hybridized carbons (Fsp3) is 0.312. The van der Waals surface area contributed by atoms with Crippen LogP contribution < -0.4 is 14.9 Å². The van der Waals surface area contributed by atoms with E-state index in [0.29, 0.717) is 18.1 Å². The molecule has 0 bridgehead atoms. The van der Waals surface area contributed by atoms with E-state index in [9.17, 15) is 4.79 Å². The summed E-state index contributed by atoms with van der Waals surface area (Å²) in [5.41, 5.74) is 4.01. The van der Waals surface area contributed by atoms with Crippen molar-refractivity contribution in [3.05, 3.63) is 38.3 Å². The van der Waals surface area contributed by atoms with E-state index in [0.717, 1.165) is 20.7 Å². The van der Waals surface area contributed by atoms with Gasteiger partial charge in [-0.3, -0.25) is 4.79 Å². The predicted molar refractivity (Wildman–Crippen MR) is 98.2 cm³/mol. The van der Waals surface area contributed by atoms with E-state index in [-0.39, 0.29) is 12.3 Å². The van der Waals surface area contributed by atoms with Crippen LogP contribution >= 0.6 is 27.3 Å². The van der Waals surface area contributed by atoms with Crippen molar-refractivity contribution < 1.29 is 14.3 Å². The molecule has 0 fully saturated rings. The lowest BCUT2D eigenvalue weighted by molar-refractivity contribution is -0.120. The molecule has 0 aliphatic rings. The first-order chi connectivity index (χ1) is 11.5. The van der Waals surface area contributed by atoms with Gasteiger partial charge >= 0.3 is 0 Å². The van der Waals surface area contributed by atoms with Gasteiger partial charge in [0.1, 0.15) is 0 Å². The molecular weight excluding hydrogens is 394 g/mol. The van der Waals surface area contributed by atoms with Gasteiger partial charge in [-0.25, -0.2) is 10.4 Å². The van der Waals surface area contributed by atoms with Crippen LogP contribution in [0.25, 0.3) is 0 Å². The Bertz CT molecular complexity index is 746. The van der Waals surface area contributed by atoms with Crippen LogP contribution in [0.3, 0.4) is 0 Å². The number of thiazole rings is 1. The first-order valence-electron chi connectivity index (χ1n) is 7.26. The normalized spacial score (nSPS) is 10.8. The van der Waals surface area contributed by atoms with Gasteiger partial charge in [0.25, 0.3) is 0 Å². The van der Waals surface area contributed by atoms with Crippen molar-refractivity contribution in [2.24, 2.45) is 5.10 Å². The van der Waals surface area contributed by atoms with Gasteiger partial charge in [-0.2, -0.15) is 5.10 Å². The van der Waals surface area contributed by atoms with E-state index in [2.05, 4.69) is 31.4 Å². The predicted octanol–water partition coefficient (Wildman–Crippen LogP) is 3.31. The maximum absolute atomic E-state index is 11.8. The summed E-state index contributed by atoms with van der Waals surface area (Å²) in [6.45, 7) is 4.34. The summed E-state index contributed by atoms with van der Waals surface area (Å²) in [5.74, 6) is 1.02. The molecule has 0 unspecified atom stereocenters. The highest BCUT2D eigenvalue weighted by atomic mass is 79.9. The number of rotatable bonds is 7. The van der Waals surface area contributed by atoms with Crippen LogP contribution in [0.5, 0.6) is 11.5 Å². The first kappa shape index (κ1) is 18.4. The number of methoxy groups -OCH3 is 1. The fourth-order valence-electron chi connectivity index (χ4n) is 1.97. The van der Waals surface area contributed by atoms with Crippen LogP contribution in [0.15, 0.2) is 27.1 Å². The third-order valence-corrected chi connectivity index (χ3v) is 4.36. The Labute approximate surface area is 153 Å². The summed E-state index contributed by atoms with van der Waals surface area (Å²) in [6.07, 6.45) is 1.76. The van der Waals surface area contributed by atoms with Crippen LogP contribution in [0.1, 0.15) is 23.2 Å². The molecule has 6 nitrogen and oxygen atoms in total. The van der Waals surface area contributed by atoms with Gasteiger partial charge in [0.2, 0.25) is 5.91 Å². The minimum absolute atomic E-state index is 0.206. The average molecular weight is 412 g/mol. The second-order valence-electron chi connectivity index (χ2n) is 4.79. The van der Waals surface area contributed by atoms with Gasteiger partial charge < -0.3 is 9.47 Å². The Morgan fingerprint density at radius 1 is 1.50 bits per heavy atom. The Hall–Kier alpha value is -1.93. The summed E-state index contributed by atoms with van der Waals surface area (Å²) < 4.78 is 11.6. The van der Waals surface area contributed by atoms with Crippen LogP contribution in [0.4, 0.5) is 0 Å². The molecule has 2 rings (SSSR count). The Kier molecular flexibility index (Phi) is 6.74. The van der Waals surface area contributed by atoms with Crippen molar-refractivity contribution >= 4 is 39.4 Å². The molecule has 24 heavy (non-hydrogen) atoms. The lowest BCUT2D eigenvalue weighted by Crippen LogP contribution is -2.19. The molecule has 0 saturated heterocycles. The number of halogens is 1. The van der Waals surface area contributed by atoms with Crippen LogP contribution in [0.2, 0.25) is 0 Å². The van der Waals surface area contributed by atoms with Gasteiger partial charge in [0.15, 0.2) is 11.5 Å². The number of carbonyl (C=O) groups is 1. The van der Waals surface area contributed by atoms with Crippen molar-refractivity contribution in [2.45, 2.75) is 20.3 Å². The van der Waals surface area contributed by atoms with Crippen molar-refractivity contribution in [1.29, 1.82) is 0 Å². The van der Waals surface area contributed by atoms with Crippen molar-refractivity contribution in [1.82, 2.24) is 10.4 Å². The van der Waals surface area contributed by atoms with Crippen LogP contribution in [-0.4, -0.2) is 30.8 Å². The fourth-order valence-corrected chi connectivity index (χ4v) is 3.16. The molecular formula is C16H18BrN3O3S. The van der Waals surface area contributed by atoms with Crippen molar-refractivity contribution in [3.8, 4) is 11.5 Å². The third-order valence-electron chi connectivity index (χ3n) is 2.95. The van der Waals surface area contributed by atoms with Crippen molar-refractivity contribution in [2.75, 3.05) is 13.7 Å². The molecule has 0 saturated carbocycles. The number of benzene rings is 1. The second kappa shape index (κ2) is 8.79. The summed E-state index contributed by atoms with van der Waals surface area (Å²) in [7, 11) is 1.57. The molecule has 0 aliphatic heterocycles. The summed E-state index contributed by atoms with van der Waals surface area (Å²) >= 11 is 4.96. The molecule has 0 spiro atoms. The number of nitrogens with one attached hydrogen (secondary N) is 1. The highest BCUT2D eigenvalue weighted by Gasteiger charge is 2.10. The second-order valence-corrected chi connectivity index (χ2v) is 6.71. The highest BCUT2D eigenvalue weighted by molar-refractivity contribution is 9.10. The zero-order valence-corrected chi connectivity index (χ0v) is 16.0. The smallest absolute Gasteiger partial charge is 0.246 e. The van der Waals surface area contributed by atoms with Crippen molar-refractivity contribution in [3.63, 3.8) is 0 Å². The standard InChI is InChI=1S/C16H18BrN3O3S/c1-4-23-16-13(17)5-11(6-14(16)22-3)8-18-20-15(21)7-12-9-24-10(2)19-12/h5-6,8-9H,4,7H2,1-3H3,(H,20,21)/b18-8-. The summed E-state index contributed by atoms with van der Waals surface area (Å²) in [4.78, 5) is 16.1. The Morgan fingerprint density at radius 3 is 2.92 bits per heavy atom.